The molecule has 0 N–H and O–H groups in total. The van der Waals surface area contributed by atoms with Crippen molar-refractivity contribution in [1.82, 2.24) is 4.31 Å². The van der Waals surface area contributed by atoms with E-state index >= 15 is 0 Å². The maximum Gasteiger partial charge on any atom is 0.416 e. The van der Waals surface area contributed by atoms with Crippen molar-refractivity contribution in [2.45, 2.75) is 17.6 Å². The van der Waals surface area contributed by atoms with Crippen LogP contribution < -0.4 is 0 Å². The molecule has 0 aromatic heterocycles. The van der Waals surface area contributed by atoms with Crippen LogP contribution in [0.2, 0.25) is 0 Å². The van der Waals surface area contributed by atoms with E-state index in [9.17, 15) is 31.2 Å². The second-order valence-corrected chi connectivity index (χ2v) is 8.23. The molecule has 11 heteroatoms. The van der Waals surface area contributed by atoms with Crippen molar-refractivity contribution >= 4 is 22.0 Å². The number of rotatable bonds is 6. The van der Waals surface area contributed by atoms with E-state index in [4.69, 9.17) is 0 Å². The molecule has 0 atom stereocenters. The highest BCUT2D eigenvalue weighted by molar-refractivity contribution is 7.89. The number of halogens is 3. The van der Waals surface area contributed by atoms with Crippen LogP contribution in [0.25, 0.3) is 0 Å². The third kappa shape index (κ3) is 5.16. The summed E-state index contributed by atoms with van der Waals surface area (Å²) in [6, 6.07) is 7.24. The van der Waals surface area contributed by atoms with Gasteiger partial charge in [-0.15, -0.1) is 0 Å². The third-order valence-electron chi connectivity index (χ3n) is 4.14. The van der Waals surface area contributed by atoms with Crippen LogP contribution in [0.15, 0.2) is 47.4 Å². The smallest absolute Gasteiger partial charge is 0.416 e. The first-order chi connectivity index (χ1) is 13.9. The van der Waals surface area contributed by atoms with Crippen molar-refractivity contribution in [1.29, 1.82) is 0 Å². The number of alkyl halides is 3. The first-order valence-electron chi connectivity index (χ1n) is 8.34. The summed E-state index contributed by atoms with van der Waals surface area (Å²) < 4.78 is 73.9. The summed E-state index contributed by atoms with van der Waals surface area (Å²) >= 11 is 0. The molecule has 0 aliphatic rings. The predicted octanol–water partition coefficient (Wildman–Crippen LogP) is 3.10. The Bertz CT molecular complexity index is 1010. The highest BCUT2D eigenvalue weighted by Crippen LogP contribution is 2.29. The van der Waals surface area contributed by atoms with Gasteiger partial charge in [0.05, 0.1) is 35.8 Å². The number of hydrogen-bond donors (Lipinski definition) is 0. The van der Waals surface area contributed by atoms with Crippen LogP contribution in [0.3, 0.4) is 0 Å². The lowest BCUT2D eigenvalue weighted by molar-refractivity contribution is -0.137. The van der Waals surface area contributed by atoms with Crippen LogP contribution >= 0.6 is 0 Å². The largest absolute Gasteiger partial charge is 0.465 e. The highest BCUT2D eigenvalue weighted by atomic mass is 32.2. The maximum atomic E-state index is 12.9. The molecule has 7 nitrogen and oxygen atoms in total. The average Bonchev–Trinajstić information content (AvgIpc) is 2.71. The van der Waals surface area contributed by atoms with E-state index in [0.29, 0.717) is 5.56 Å². The zero-order chi connectivity index (χ0) is 22.7. The Balaban J connectivity index is 2.39. The number of hydrogen-bond acceptors (Lipinski definition) is 6. The fourth-order valence-electron chi connectivity index (χ4n) is 2.54. The van der Waals surface area contributed by atoms with E-state index in [-0.39, 0.29) is 22.6 Å². The van der Waals surface area contributed by atoms with Gasteiger partial charge in [0.1, 0.15) is 0 Å². The Labute approximate surface area is 171 Å². The Morgan fingerprint density at radius 1 is 0.933 bits per heavy atom. The normalized spacial score (nSPS) is 12.0. The molecule has 0 saturated heterocycles. The summed E-state index contributed by atoms with van der Waals surface area (Å²) in [5.74, 6) is -1.72. The molecule has 0 aliphatic heterocycles. The fourth-order valence-corrected chi connectivity index (χ4v) is 3.77. The molecule has 2 aromatic carbocycles. The Morgan fingerprint density at radius 3 is 1.80 bits per heavy atom. The van der Waals surface area contributed by atoms with Crippen molar-refractivity contribution in [3.05, 3.63) is 64.7 Å². The average molecular weight is 445 g/mol. The standard InChI is InChI=1S/C19H18F3NO6S/c1-23(11-12-4-6-15(7-5-12)19(20,21)22)30(26,27)16-9-13(17(24)28-2)8-14(10-16)18(25)29-3/h4-10H,11H2,1-3H3. The van der Waals surface area contributed by atoms with Crippen molar-refractivity contribution in [3.8, 4) is 0 Å². The van der Waals surface area contributed by atoms with Crippen LogP contribution in [0, 0.1) is 0 Å². The number of ether oxygens (including phenoxy) is 2. The summed E-state index contributed by atoms with van der Waals surface area (Å²) in [7, 11) is -0.800. The number of esters is 2. The molecule has 2 aromatic rings. The molecule has 0 fully saturated rings. The number of benzene rings is 2. The van der Waals surface area contributed by atoms with Gasteiger partial charge < -0.3 is 9.47 Å². The minimum atomic E-state index is -4.50. The monoisotopic (exact) mass is 445 g/mol. The van der Waals surface area contributed by atoms with E-state index < -0.39 is 33.7 Å². The van der Waals surface area contributed by atoms with Crippen LogP contribution in [-0.2, 0) is 32.2 Å². The predicted molar refractivity (Wildman–Crippen MR) is 99.2 cm³/mol. The van der Waals surface area contributed by atoms with Crippen molar-refractivity contribution in [2.24, 2.45) is 0 Å². The van der Waals surface area contributed by atoms with Gasteiger partial charge in [-0.3, -0.25) is 0 Å². The Kier molecular flexibility index (Phi) is 6.88. The third-order valence-corrected chi connectivity index (χ3v) is 5.92. The summed E-state index contributed by atoms with van der Waals surface area (Å²) in [5, 5.41) is 0. The zero-order valence-electron chi connectivity index (χ0n) is 16.2. The number of carbonyl (C=O) groups is 2. The molecule has 2 rings (SSSR count). The topological polar surface area (TPSA) is 90.0 Å². The van der Waals surface area contributed by atoms with Gasteiger partial charge >= 0.3 is 18.1 Å². The lowest BCUT2D eigenvalue weighted by atomic mass is 10.1. The molecule has 0 aliphatic carbocycles. The van der Waals surface area contributed by atoms with E-state index in [0.717, 1.165) is 48.9 Å². The first kappa shape index (κ1) is 23.4. The van der Waals surface area contributed by atoms with E-state index in [1.54, 1.807) is 0 Å². The molecule has 0 heterocycles. The molecule has 0 unspecified atom stereocenters. The number of sulfonamides is 1. The van der Waals surface area contributed by atoms with E-state index in [1.807, 2.05) is 0 Å². The number of methoxy groups -OCH3 is 2. The van der Waals surface area contributed by atoms with Crippen molar-refractivity contribution in [3.63, 3.8) is 0 Å². The summed E-state index contributed by atoms with van der Waals surface area (Å²) in [4.78, 5) is 23.3. The van der Waals surface area contributed by atoms with Gasteiger partial charge in [0, 0.05) is 13.6 Å². The van der Waals surface area contributed by atoms with Crippen LogP contribution in [0.5, 0.6) is 0 Å². The SMILES string of the molecule is COC(=O)c1cc(C(=O)OC)cc(S(=O)(=O)N(C)Cc2ccc(C(F)(F)F)cc2)c1. The summed E-state index contributed by atoms with van der Waals surface area (Å²) in [6.45, 7) is -0.240. The van der Waals surface area contributed by atoms with Gasteiger partial charge in [0.2, 0.25) is 10.0 Å². The second-order valence-electron chi connectivity index (χ2n) is 6.18. The molecule has 0 radical (unpaired) electrons. The van der Waals surface area contributed by atoms with Gasteiger partial charge in [0.15, 0.2) is 0 Å². The molecule has 0 bridgehead atoms. The van der Waals surface area contributed by atoms with Crippen LogP contribution in [0.4, 0.5) is 13.2 Å². The van der Waals surface area contributed by atoms with Crippen molar-refractivity contribution < 1.29 is 40.7 Å². The molecule has 30 heavy (non-hydrogen) atoms. The summed E-state index contributed by atoms with van der Waals surface area (Å²) in [5.41, 5.74) is -0.902. The second kappa shape index (κ2) is 8.84. The molecule has 0 saturated carbocycles. The van der Waals surface area contributed by atoms with E-state index in [2.05, 4.69) is 9.47 Å². The van der Waals surface area contributed by atoms with Crippen molar-refractivity contribution in [2.75, 3.05) is 21.3 Å². The first-order valence-corrected chi connectivity index (χ1v) is 9.78. The maximum absolute atomic E-state index is 12.9. The van der Waals surface area contributed by atoms with Gasteiger partial charge in [-0.2, -0.15) is 17.5 Å². The minimum absolute atomic E-state index is 0.179. The Morgan fingerprint density at radius 2 is 1.40 bits per heavy atom. The van der Waals surface area contributed by atoms with Gasteiger partial charge in [-0.05, 0) is 35.9 Å². The lowest BCUT2D eigenvalue weighted by Gasteiger charge is -2.18. The molecular weight excluding hydrogens is 427 g/mol. The molecule has 0 amide bonds. The molecule has 0 spiro atoms. The van der Waals surface area contributed by atoms with Gasteiger partial charge in [0.25, 0.3) is 0 Å². The van der Waals surface area contributed by atoms with Crippen LogP contribution in [0.1, 0.15) is 31.8 Å². The van der Waals surface area contributed by atoms with Gasteiger partial charge in [-0.25, -0.2) is 18.0 Å². The number of nitrogens with zero attached hydrogens (tertiary/aromatic N) is 1. The lowest BCUT2D eigenvalue weighted by Crippen LogP contribution is -2.27. The van der Waals surface area contributed by atoms with E-state index in [1.165, 1.54) is 19.2 Å². The molecular formula is C19H18F3NO6S. The fraction of sp³-hybridized carbons (Fsp3) is 0.263. The summed E-state index contributed by atoms with van der Waals surface area (Å²) in [6.07, 6.45) is -4.50. The highest BCUT2D eigenvalue weighted by Gasteiger charge is 2.30. The quantitative estimate of drug-likeness (QED) is 0.635. The Hall–Kier alpha value is -2.92. The van der Waals surface area contributed by atoms with Gasteiger partial charge in [-0.1, -0.05) is 12.1 Å². The zero-order valence-corrected chi connectivity index (χ0v) is 17.0. The number of carbonyl (C=O) groups excluding carboxylic acids is 2. The molecule has 162 valence electrons. The van der Waals surface area contributed by atoms with Crippen LogP contribution in [-0.4, -0.2) is 45.9 Å². The minimum Gasteiger partial charge on any atom is -0.465 e.